The smallest absolute Gasteiger partial charge is 0.303 e. The minimum absolute atomic E-state index is 0.136. The first-order valence-electron chi connectivity index (χ1n) is 6.75. The number of anilines is 1. The highest BCUT2D eigenvalue weighted by Crippen LogP contribution is 2.11. The second-order valence-electron chi connectivity index (χ2n) is 6.04. The lowest BCUT2D eigenvalue weighted by Gasteiger charge is -2.22. The molecule has 1 heterocycles. The Morgan fingerprint density at radius 3 is 2.70 bits per heavy atom. The van der Waals surface area contributed by atoms with Crippen molar-refractivity contribution in [3.05, 3.63) is 22.7 Å². The van der Waals surface area contributed by atoms with Crippen LogP contribution in [0.25, 0.3) is 0 Å². The van der Waals surface area contributed by atoms with E-state index in [4.69, 9.17) is 5.11 Å². The molecule has 2 N–H and O–H groups in total. The van der Waals surface area contributed by atoms with Crippen LogP contribution in [-0.4, -0.2) is 27.2 Å². The minimum Gasteiger partial charge on any atom is -0.481 e. The summed E-state index contributed by atoms with van der Waals surface area (Å²) in [6.45, 7) is 8.33. The molecule has 1 unspecified atom stereocenters. The van der Waals surface area contributed by atoms with Gasteiger partial charge < -0.3 is 15.0 Å². The first-order chi connectivity index (χ1) is 9.21. The van der Waals surface area contributed by atoms with Crippen LogP contribution in [0.3, 0.4) is 0 Å². The van der Waals surface area contributed by atoms with E-state index >= 15 is 0 Å². The van der Waals surface area contributed by atoms with Gasteiger partial charge in [0.05, 0.1) is 0 Å². The van der Waals surface area contributed by atoms with Gasteiger partial charge >= 0.3 is 5.97 Å². The van der Waals surface area contributed by atoms with Crippen LogP contribution in [0.5, 0.6) is 0 Å². The third kappa shape index (κ3) is 4.68. The normalized spacial score (nSPS) is 13.0. The summed E-state index contributed by atoms with van der Waals surface area (Å²) in [5.41, 5.74) is -0.462. The van der Waals surface area contributed by atoms with E-state index in [0.717, 1.165) is 0 Å². The SMILES string of the molecule is CC(CCC(=O)O)CNc1nccn(C(C)(C)C)c1=O. The van der Waals surface area contributed by atoms with Crippen molar-refractivity contribution in [1.82, 2.24) is 9.55 Å². The van der Waals surface area contributed by atoms with Crippen LogP contribution in [0.2, 0.25) is 0 Å². The number of carbonyl (C=O) groups is 1. The highest BCUT2D eigenvalue weighted by atomic mass is 16.4. The standard InChI is InChI=1S/C14H23N3O3/c1-10(5-6-11(18)19)9-16-12-13(20)17(8-7-15-12)14(2,3)4/h7-8,10H,5-6,9H2,1-4H3,(H,15,16)(H,18,19). The van der Waals surface area contributed by atoms with Crippen molar-refractivity contribution in [2.75, 3.05) is 11.9 Å². The number of carboxylic acid groups (broad SMARTS) is 1. The fraction of sp³-hybridized carbons (Fsp3) is 0.643. The van der Waals surface area contributed by atoms with Crippen molar-refractivity contribution in [1.29, 1.82) is 0 Å². The Labute approximate surface area is 118 Å². The monoisotopic (exact) mass is 281 g/mol. The molecule has 0 fully saturated rings. The third-order valence-electron chi connectivity index (χ3n) is 3.03. The van der Waals surface area contributed by atoms with Crippen molar-refractivity contribution in [2.45, 2.75) is 46.1 Å². The number of rotatable bonds is 6. The van der Waals surface area contributed by atoms with Crippen LogP contribution >= 0.6 is 0 Å². The number of carboxylic acids is 1. The van der Waals surface area contributed by atoms with Gasteiger partial charge in [0.1, 0.15) is 0 Å². The van der Waals surface area contributed by atoms with Crippen molar-refractivity contribution in [3.63, 3.8) is 0 Å². The Hall–Kier alpha value is -1.85. The van der Waals surface area contributed by atoms with Crippen molar-refractivity contribution < 1.29 is 9.90 Å². The van der Waals surface area contributed by atoms with E-state index in [2.05, 4.69) is 10.3 Å². The summed E-state index contributed by atoms with van der Waals surface area (Å²) in [7, 11) is 0. The quantitative estimate of drug-likeness (QED) is 0.832. The van der Waals surface area contributed by atoms with E-state index in [0.29, 0.717) is 18.8 Å². The molecule has 1 aromatic heterocycles. The van der Waals surface area contributed by atoms with Crippen LogP contribution in [-0.2, 0) is 10.3 Å². The molecule has 20 heavy (non-hydrogen) atoms. The molecule has 112 valence electrons. The fourth-order valence-electron chi connectivity index (χ4n) is 1.80. The lowest BCUT2D eigenvalue weighted by molar-refractivity contribution is -0.137. The Morgan fingerprint density at radius 1 is 1.50 bits per heavy atom. The molecule has 1 rings (SSSR count). The zero-order valence-electron chi connectivity index (χ0n) is 12.5. The van der Waals surface area contributed by atoms with E-state index in [1.165, 1.54) is 0 Å². The first-order valence-corrected chi connectivity index (χ1v) is 6.75. The molecule has 0 aromatic carbocycles. The average Bonchev–Trinajstić information content (AvgIpc) is 2.33. The molecule has 0 aliphatic rings. The summed E-state index contributed by atoms with van der Waals surface area (Å²) in [5.74, 6) is -0.329. The van der Waals surface area contributed by atoms with Gasteiger partial charge in [-0.2, -0.15) is 0 Å². The van der Waals surface area contributed by atoms with Crippen molar-refractivity contribution in [2.24, 2.45) is 5.92 Å². The second-order valence-corrected chi connectivity index (χ2v) is 6.04. The summed E-state index contributed by atoms with van der Waals surface area (Å²) in [5, 5.41) is 11.6. The fourth-order valence-corrected chi connectivity index (χ4v) is 1.80. The van der Waals surface area contributed by atoms with Crippen LogP contribution in [0.4, 0.5) is 5.82 Å². The molecule has 1 atom stereocenters. The largest absolute Gasteiger partial charge is 0.481 e. The van der Waals surface area contributed by atoms with Gasteiger partial charge in [-0.15, -0.1) is 0 Å². The number of hydrogen-bond donors (Lipinski definition) is 2. The molecule has 6 nitrogen and oxygen atoms in total. The van der Waals surface area contributed by atoms with Crippen molar-refractivity contribution in [3.8, 4) is 0 Å². The number of nitrogens with zero attached hydrogens (tertiary/aromatic N) is 2. The Bertz CT molecular complexity index is 517. The Balaban J connectivity index is 2.70. The zero-order valence-corrected chi connectivity index (χ0v) is 12.5. The molecule has 0 spiro atoms. The summed E-state index contributed by atoms with van der Waals surface area (Å²) in [4.78, 5) is 26.8. The highest BCUT2D eigenvalue weighted by molar-refractivity contribution is 5.66. The highest BCUT2D eigenvalue weighted by Gasteiger charge is 2.16. The zero-order chi connectivity index (χ0) is 15.3. The summed E-state index contributed by atoms with van der Waals surface area (Å²) in [6.07, 6.45) is 3.97. The molecule has 1 aromatic rings. The number of hydrogen-bond acceptors (Lipinski definition) is 4. The van der Waals surface area contributed by atoms with E-state index < -0.39 is 5.97 Å². The summed E-state index contributed by atoms with van der Waals surface area (Å²) >= 11 is 0. The average molecular weight is 281 g/mol. The van der Waals surface area contributed by atoms with Crippen molar-refractivity contribution >= 4 is 11.8 Å². The topological polar surface area (TPSA) is 84.2 Å². The minimum atomic E-state index is -0.801. The van der Waals surface area contributed by atoms with Gasteiger partial charge in [0, 0.05) is 30.9 Å². The van der Waals surface area contributed by atoms with E-state index in [1.807, 2.05) is 27.7 Å². The molecule has 0 aliphatic carbocycles. The van der Waals surface area contributed by atoms with Gasteiger partial charge in [0.25, 0.3) is 5.56 Å². The van der Waals surface area contributed by atoms with E-state index in [1.54, 1.807) is 17.0 Å². The van der Waals surface area contributed by atoms with Gasteiger partial charge in [-0.1, -0.05) is 6.92 Å². The number of aromatic nitrogens is 2. The molecular weight excluding hydrogens is 258 g/mol. The third-order valence-corrected chi connectivity index (χ3v) is 3.03. The molecule has 6 heteroatoms. The first kappa shape index (κ1) is 16.2. The van der Waals surface area contributed by atoms with Gasteiger partial charge in [0.15, 0.2) is 5.82 Å². The van der Waals surface area contributed by atoms with Gasteiger partial charge in [0.2, 0.25) is 0 Å². The van der Waals surface area contributed by atoms with Crippen LogP contribution < -0.4 is 10.9 Å². The lowest BCUT2D eigenvalue weighted by atomic mass is 10.1. The predicted octanol–water partition coefficient (Wildman–Crippen LogP) is 1.91. The van der Waals surface area contributed by atoms with Gasteiger partial charge in [-0.05, 0) is 33.1 Å². The van der Waals surface area contributed by atoms with Crippen LogP contribution in [0.15, 0.2) is 17.2 Å². The van der Waals surface area contributed by atoms with E-state index in [9.17, 15) is 9.59 Å². The predicted molar refractivity (Wildman–Crippen MR) is 78.0 cm³/mol. The molecule has 0 bridgehead atoms. The van der Waals surface area contributed by atoms with Crippen LogP contribution in [0, 0.1) is 5.92 Å². The molecule has 0 saturated heterocycles. The maximum absolute atomic E-state index is 12.2. The maximum Gasteiger partial charge on any atom is 0.303 e. The molecule has 0 radical (unpaired) electrons. The lowest BCUT2D eigenvalue weighted by Crippen LogP contribution is -2.35. The second kappa shape index (κ2) is 6.54. The summed E-state index contributed by atoms with van der Waals surface area (Å²) in [6, 6.07) is 0. The maximum atomic E-state index is 12.2. The number of aliphatic carboxylic acids is 1. The summed E-state index contributed by atoms with van der Waals surface area (Å²) < 4.78 is 1.63. The molecular formula is C14H23N3O3. The van der Waals surface area contributed by atoms with Gasteiger partial charge in [-0.3, -0.25) is 9.59 Å². The molecule has 0 aliphatic heterocycles. The van der Waals surface area contributed by atoms with Crippen LogP contribution in [0.1, 0.15) is 40.5 Å². The Kier molecular flexibility index (Phi) is 5.30. The Morgan fingerprint density at radius 2 is 2.15 bits per heavy atom. The molecule has 0 amide bonds. The van der Waals surface area contributed by atoms with Gasteiger partial charge in [-0.25, -0.2) is 4.98 Å². The number of nitrogens with one attached hydrogen (secondary N) is 1. The van der Waals surface area contributed by atoms with E-state index in [-0.39, 0.29) is 23.4 Å². The molecule has 0 saturated carbocycles.